The van der Waals surface area contributed by atoms with E-state index in [-0.39, 0.29) is 11.7 Å². The van der Waals surface area contributed by atoms with Crippen molar-refractivity contribution in [1.82, 2.24) is 14.8 Å². The number of benzene rings is 4. The van der Waals surface area contributed by atoms with Gasteiger partial charge < -0.3 is 5.32 Å². The van der Waals surface area contributed by atoms with Crippen LogP contribution in [0.2, 0.25) is 0 Å². The molecule has 5 aromatic rings. The molecule has 0 saturated carbocycles. The molecule has 0 bridgehead atoms. The summed E-state index contributed by atoms with van der Waals surface area (Å²) in [6.45, 7) is 2.06. The highest BCUT2D eigenvalue weighted by atomic mass is 32.2. The topological polar surface area (TPSA) is 59.8 Å². The molecule has 0 aliphatic carbocycles. The first-order chi connectivity index (χ1) is 16.2. The van der Waals surface area contributed by atoms with Crippen LogP contribution in [0.25, 0.3) is 27.8 Å². The minimum Gasteiger partial charge on any atom is -0.325 e. The molecule has 1 aromatic heterocycles. The maximum absolute atomic E-state index is 12.8. The predicted octanol–water partition coefficient (Wildman–Crippen LogP) is 6.13. The van der Waals surface area contributed by atoms with Gasteiger partial charge in [0.05, 0.1) is 5.75 Å². The van der Waals surface area contributed by atoms with Crippen molar-refractivity contribution >= 4 is 34.1 Å². The molecule has 0 aliphatic rings. The summed E-state index contributed by atoms with van der Waals surface area (Å²) in [5.41, 5.74) is 3.92. The van der Waals surface area contributed by atoms with E-state index in [0.717, 1.165) is 33.5 Å². The van der Waals surface area contributed by atoms with Crippen LogP contribution in [0.5, 0.6) is 0 Å². The Morgan fingerprint density at radius 1 is 0.848 bits per heavy atom. The van der Waals surface area contributed by atoms with Gasteiger partial charge in [0.2, 0.25) is 5.91 Å². The summed E-state index contributed by atoms with van der Waals surface area (Å²) in [5.74, 6) is 0.884. The van der Waals surface area contributed by atoms with Crippen molar-refractivity contribution in [2.45, 2.75) is 12.1 Å². The zero-order chi connectivity index (χ0) is 22.6. The van der Waals surface area contributed by atoms with Gasteiger partial charge in [0.15, 0.2) is 11.0 Å². The quantitative estimate of drug-likeness (QED) is 0.316. The minimum atomic E-state index is -0.0870. The number of carbonyl (C=O) groups is 1. The largest absolute Gasteiger partial charge is 0.325 e. The van der Waals surface area contributed by atoms with Crippen LogP contribution >= 0.6 is 11.8 Å². The Balaban J connectivity index is 1.41. The van der Waals surface area contributed by atoms with Crippen LogP contribution in [0, 0.1) is 6.92 Å². The summed E-state index contributed by atoms with van der Waals surface area (Å²) in [5, 5.41) is 14.7. The lowest BCUT2D eigenvalue weighted by molar-refractivity contribution is -0.113. The van der Waals surface area contributed by atoms with Crippen LogP contribution in [0.1, 0.15) is 5.56 Å². The van der Waals surface area contributed by atoms with Gasteiger partial charge in [-0.2, -0.15) is 0 Å². The molecule has 1 heterocycles. The van der Waals surface area contributed by atoms with Gasteiger partial charge in [-0.05, 0) is 30.5 Å². The Labute approximate surface area is 196 Å². The van der Waals surface area contributed by atoms with Crippen molar-refractivity contribution in [2.24, 2.45) is 0 Å². The number of rotatable bonds is 6. The average Bonchev–Trinajstić information content (AvgIpc) is 3.28. The summed E-state index contributed by atoms with van der Waals surface area (Å²) in [6, 6.07) is 32.1. The number of nitrogens with one attached hydrogen (secondary N) is 1. The zero-order valence-electron chi connectivity index (χ0n) is 18.1. The number of fused-ring (bicyclic) bond motifs is 1. The van der Waals surface area contributed by atoms with Crippen molar-refractivity contribution in [2.75, 3.05) is 11.1 Å². The van der Waals surface area contributed by atoms with Gasteiger partial charge >= 0.3 is 0 Å². The van der Waals surface area contributed by atoms with Crippen molar-refractivity contribution in [3.05, 3.63) is 103 Å². The van der Waals surface area contributed by atoms with Crippen molar-refractivity contribution in [3.8, 4) is 17.1 Å². The minimum absolute atomic E-state index is 0.0870. The summed E-state index contributed by atoms with van der Waals surface area (Å²) < 4.78 is 2.00. The molecule has 162 valence electrons. The Morgan fingerprint density at radius 2 is 1.58 bits per heavy atom. The van der Waals surface area contributed by atoms with Gasteiger partial charge in [0.25, 0.3) is 0 Å². The molecule has 0 spiro atoms. The highest BCUT2D eigenvalue weighted by Crippen LogP contribution is 2.29. The third kappa shape index (κ3) is 4.52. The Bertz CT molecular complexity index is 1410. The molecule has 33 heavy (non-hydrogen) atoms. The van der Waals surface area contributed by atoms with Crippen molar-refractivity contribution < 1.29 is 4.79 Å². The van der Waals surface area contributed by atoms with Gasteiger partial charge in [-0.1, -0.05) is 96.2 Å². The van der Waals surface area contributed by atoms with Crippen LogP contribution in [0.4, 0.5) is 5.69 Å². The molecule has 6 heteroatoms. The SMILES string of the molecule is Cc1ccc(-n2c(SCC(=O)Nc3cccc4ccccc34)nnc2-c2ccccc2)cc1. The highest BCUT2D eigenvalue weighted by molar-refractivity contribution is 7.99. The first-order valence-corrected chi connectivity index (χ1v) is 11.7. The predicted molar refractivity (Wildman–Crippen MR) is 135 cm³/mol. The number of thioether (sulfide) groups is 1. The second-order valence-electron chi connectivity index (χ2n) is 7.71. The molecule has 0 fully saturated rings. The normalized spacial score (nSPS) is 10.9. The number of hydrogen-bond donors (Lipinski definition) is 1. The molecule has 5 nitrogen and oxygen atoms in total. The van der Waals surface area contributed by atoms with Crippen LogP contribution in [0.15, 0.2) is 102 Å². The molecule has 0 aliphatic heterocycles. The molecule has 1 amide bonds. The lowest BCUT2D eigenvalue weighted by Gasteiger charge is -2.11. The fourth-order valence-corrected chi connectivity index (χ4v) is 4.47. The summed E-state index contributed by atoms with van der Waals surface area (Å²) in [6.07, 6.45) is 0. The number of anilines is 1. The average molecular weight is 451 g/mol. The molecule has 0 saturated heterocycles. The van der Waals surface area contributed by atoms with Gasteiger partial charge in [0.1, 0.15) is 0 Å². The van der Waals surface area contributed by atoms with Crippen LogP contribution in [-0.2, 0) is 4.79 Å². The number of hydrogen-bond acceptors (Lipinski definition) is 4. The van der Waals surface area contributed by atoms with Crippen LogP contribution < -0.4 is 5.32 Å². The monoisotopic (exact) mass is 450 g/mol. The maximum atomic E-state index is 12.8. The van der Waals surface area contributed by atoms with E-state index >= 15 is 0 Å². The number of aryl methyl sites for hydroxylation is 1. The lowest BCUT2D eigenvalue weighted by atomic mass is 10.1. The van der Waals surface area contributed by atoms with Gasteiger partial charge in [0, 0.05) is 22.3 Å². The van der Waals surface area contributed by atoms with E-state index in [1.807, 2.05) is 89.5 Å². The Kier molecular flexibility index (Phi) is 5.91. The van der Waals surface area contributed by atoms with E-state index in [1.165, 1.54) is 17.3 Å². The summed E-state index contributed by atoms with van der Waals surface area (Å²) >= 11 is 1.37. The lowest BCUT2D eigenvalue weighted by Crippen LogP contribution is -2.14. The number of nitrogens with zero attached hydrogens (tertiary/aromatic N) is 3. The van der Waals surface area contributed by atoms with Gasteiger partial charge in [-0.25, -0.2) is 0 Å². The molecule has 0 radical (unpaired) electrons. The van der Waals surface area contributed by atoms with E-state index < -0.39 is 0 Å². The van der Waals surface area contributed by atoms with E-state index in [4.69, 9.17) is 0 Å². The van der Waals surface area contributed by atoms with Crippen LogP contribution in [0.3, 0.4) is 0 Å². The molecule has 4 aromatic carbocycles. The molecule has 0 unspecified atom stereocenters. The summed E-state index contributed by atoms with van der Waals surface area (Å²) in [4.78, 5) is 12.8. The number of carbonyl (C=O) groups excluding carboxylic acids is 1. The van der Waals surface area contributed by atoms with Crippen molar-refractivity contribution in [3.63, 3.8) is 0 Å². The van der Waals surface area contributed by atoms with Gasteiger partial charge in [-0.3, -0.25) is 9.36 Å². The number of aromatic nitrogens is 3. The van der Waals surface area contributed by atoms with Crippen LogP contribution in [-0.4, -0.2) is 26.4 Å². The standard InChI is InChI=1S/C27H22N4OS/c1-19-14-16-22(17-15-19)31-26(21-9-3-2-4-10-21)29-30-27(31)33-18-25(32)28-24-13-7-11-20-8-5-6-12-23(20)24/h2-17H,18H2,1H3,(H,28,32). The Morgan fingerprint density at radius 3 is 2.39 bits per heavy atom. The molecular formula is C27H22N4OS. The molecule has 1 N–H and O–H groups in total. The first-order valence-electron chi connectivity index (χ1n) is 10.7. The second kappa shape index (κ2) is 9.30. The Hall–Kier alpha value is -3.90. The fraction of sp³-hybridized carbons (Fsp3) is 0.0741. The third-order valence-electron chi connectivity index (χ3n) is 5.35. The zero-order valence-corrected chi connectivity index (χ0v) is 18.9. The smallest absolute Gasteiger partial charge is 0.234 e. The van der Waals surface area contributed by atoms with Crippen molar-refractivity contribution in [1.29, 1.82) is 0 Å². The molecule has 0 atom stereocenters. The van der Waals surface area contributed by atoms with E-state index in [1.54, 1.807) is 0 Å². The number of amides is 1. The van der Waals surface area contributed by atoms with E-state index in [2.05, 4.69) is 34.6 Å². The second-order valence-corrected chi connectivity index (χ2v) is 8.65. The highest BCUT2D eigenvalue weighted by Gasteiger charge is 2.17. The van der Waals surface area contributed by atoms with Gasteiger partial charge in [-0.15, -0.1) is 10.2 Å². The van der Waals surface area contributed by atoms with E-state index in [0.29, 0.717) is 5.16 Å². The molecule has 5 rings (SSSR count). The third-order valence-corrected chi connectivity index (χ3v) is 6.28. The first kappa shape index (κ1) is 21.0. The van der Waals surface area contributed by atoms with E-state index in [9.17, 15) is 4.79 Å². The fourth-order valence-electron chi connectivity index (χ4n) is 3.72. The summed E-state index contributed by atoms with van der Waals surface area (Å²) in [7, 11) is 0. The molecular weight excluding hydrogens is 428 g/mol. The maximum Gasteiger partial charge on any atom is 0.234 e.